The second kappa shape index (κ2) is 11.2. The topological polar surface area (TPSA) is 77.9 Å². The number of hydrogen-bond donors (Lipinski definition) is 1. The van der Waals surface area contributed by atoms with E-state index in [1.807, 2.05) is 6.92 Å². The van der Waals surface area contributed by atoms with E-state index in [1.165, 1.54) is 24.3 Å². The number of aliphatic hydroxyl groups excluding tert-OH is 1. The van der Waals surface area contributed by atoms with E-state index in [4.69, 9.17) is 25.8 Å². The number of benzene rings is 1. The van der Waals surface area contributed by atoms with Gasteiger partial charge in [0.1, 0.15) is 28.7 Å². The van der Waals surface area contributed by atoms with Crippen LogP contribution in [0.3, 0.4) is 0 Å². The van der Waals surface area contributed by atoms with Gasteiger partial charge in [0.15, 0.2) is 0 Å². The molecule has 0 saturated carbocycles. The van der Waals surface area contributed by atoms with E-state index in [1.54, 1.807) is 6.92 Å². The molecule has 1 aromatic heterocycles. The number of carbonyl (C=O) groups is 1. The molecule has 1 aromatic carbocycles. The normalized spacial score (nSPS) is 13.4. The predicted octanol–water partition coefficient (Wildman–Crippen LogP) is 5.41. The molecule has 2 atom stereocenters. The Labute approximate surface area is 182 Å². The molecule has 1 N–H and O–H groups in total. The Balaban J connectivity index is 1.91. The summed E-state index contributed by atoms with van der Waals surface area (Å²) in [6.45, 7) is 3.90. The van der Waals surface area contributed by atoms with E-state index in [-0.39, 0.29) is 23.1 Å². The number of nitrogens with zero attached hydrogens (tertiary/aromatic N) is 1. The Kier molecular flexibility index (Phi) is 8.94. The van der Waals surface area contributed by atoms with E-state index < -0.39 is 29.9 Å². The molecule has 0 aliphatic heterocycles. The third-order valence-electron chi connectivity index (χ3n) is 4.17. The molecule has 0 amide bonds. The SMILES string of the molecule is CCCCOC(=O)CC(O)C(C)Oc1ccc(Oc2ncc(C(F)(F)F)cc2Cl)cc1. The van der Waals surface area contributed by atoms with Crippen LogP contribution in [-0.4, -0.2) is 34.9 Å². The predicted molar refractivity (Wildman–Crippen MR) is 107 cm³/mol. The van der Waals surface area contributed by atoms with Crippen molar-refractivity contribution in [3.8, 4) is 17.4 Å². The maximum atomic E-state index is 12.7. The van der Waals surface area contributed by atoms with E-state index in [9.17, 15) is 23.1 Å². The minimum atomic E-state index is -4.55. The van der Waals surface area contributed by atoms with Crippen LogP contribution in [0.2, 0.25) is 5.02 Å². The van der Waals surface area contributed by atoms with Gasteiger partial charge in [-0.15, -0.1) is 0 Å². The van der Waals surface area contributed by atoms with Crippen LogP contribution in [-0.2, 0) is 15.7 Å². The number of alkyl halides is 3. The number of aromatic nitrogens is 1. The van der Waals surface area contributed by atoms with Gasteiger partial charge in [-0.1, -0.05) is 24.9 Å². The number of hydrogen-bond acceptors (Lipinski definition) is 6. The third kappa shape index (κ3) is 7.91. The van der Waals surface area contributed by atoms with Gasteiger partial charge in [-0.3, -0.25) is 4.79 Å². The number of rotatable bonds is 10. The highest BCUT2D eigenvalue weighted by molar-refractivity contribution is 6.31. The van der Waals surface area contributed by atoms with Crippen molar-refractivity contribution in [3.05, 3.63) is 47.1 Å². The Morgan fingerprint density at radius 2 is 1.87 bits per heavy atom. The van der Waals surface area contributed by atoms with Gasteiger partial charge in [0.2, 0.25) is 5.88 Å². The number of unbranched alkanes of at least 4 members (excludes halogenated alkanes) is 1. The highest BCUT2D eigenvalue weighted by Gasteiger charge is 2.31. The van der Waals surface area contributed by atoms with Gasteiger partial charge in [0.05, 0.1) is 18.6 Å². The van der Waals surface area contributed by atoms with Crippen LogP contribution in [0, 0.1) is 0 Å². The van der Waals surface area contributed by atoms with Crippen molar-refractivity contribution in [1.29, 1.82) is 0 Å². The molecule has 0 fully saturated rings. The maximum Gasteiger partial charge on any atom is 0.417 e. The number of carbonyl (C=O) groups excluding carboxylic acids is 1. The van der Waals surface area contributed by atoms with Gasteiger partial charge >= 0.3 is 12.1 Å². The average molecular weight is 462 g/mol. The summed E-state index contributed by atoms with van der Waals surface area (Å²) < 4.78 is 54.0. The van der Waals surface area contributed by atoms with Gasteiger partial charge in [-0.05, 0) is 43.7 Å². The van der Waals surface area contributed by atoms with Crippen molar-refractivity contribution >= 4 is 17.6 Å². The first-order valence-electron chi connectivity index (χ1n) is 9.61. The Morgan fingerprint density at radius 1 is 1.23 bits per heavy atom. The van der Waals surface area contributed by atoms with Crippen LogP contribution in [0.4, 0.5) is 13.2 Å². The fourth-order valence-corrected chi connectivity index (χ4v) is 2.58. The molecule has 0 bridgehead atoms. The smallest absolute Gasteiger partial charge is 0.417 e. The summed E-state index contributed by atoms with van der Waals surface area (Å²) in [6, 6.07) is 6.82. The molecule has 2 unspecified atom stereocenters. The van der Waals surface area contributed by atoms with Crippen molar-refractivity contribution < 1.29 is 37.3 Å². The second-order valence-electron chi connectivity index (χ2n) is 6.75. The lowest BCUT2D eigenvalue weighted by Crippen LogP contribution is -2.31. The standard InChI is InChI=1S/C21H23ClF3NO5/c1-3-4-9-29-19(28)11-18(27)13(2)30-15-5-7-16(8-6-15)31-20-17(22)10-14(12-26-20)21(23,24)25/h5-8,10,12-13,18,27H,3-4,9,11H2,1-2H3. The molecule has 0 aliphatic rings. The summed E-state index contributed by atoms with van der Waals surface area (Å²) in [7, 11) is 0. The molecule has 1 heterocycles. The minimum Gasteiger partial charge on any atom is -0.488 e. The molecule has 170 valence electrons. The van der Waals surface area contributed by atoms with Gasteiger partial charge in [-0.2, -0.15) is 13.2 Å². The van der Waals surface area contributed by atoms with Crippen molar-refractivity contribution in [1.82, 2.24) is 4.98 Å². The summed E-state index contributed by atoms with van der Waals surface area (Å²) in [6.07, 6.45) is -4.19. The molecule has 0 radical (unpaired) electrons. The van der Waals surface area contributed by atoms with Crippen molar-refractivity contribution in [2.24, 2.45) is 0 Å². The van der Waals surface area contributed by atoms with Gasteiger partial charge in [0.25, 0.3) is 0 Å². The van der Waals surface area contributed by atoms with E-state index in [0.717, 1.165) is 18.9 Å². The van der Waals surface area contributed by atoms with Crippen molar-refractivity contribution in [2.45, 2.75) is 51.5 Å². The Bertz CT molecular complexity index is 861. The lowest BCUT2D eigenvalue weighted by atomic mass is 10.1. The number of ether oxygens (including phenoxy) is 3. The van der Waals surface area contributed by atoms with E-state index >= 15 is 0 Å². The number of halogens is 4. The lowest BCUT2D eigenvalue weighted by molar-refractivity contribution is -0.147. The molecule has 0 spiro atoms. The van der Waals surface area contributed by atoms with Crippen LogP contribution in [0.1, 0.15) is 38.7 Å². The Hall–Kier alpha value is -2.52. The van der Waals surface area contributed by atoms with Crippen molar-refractivity contribution in [2.75, 3.05) is 6.61 Å². The van der Waals surface area contributed by atoms with Gasteiger partial charge < -0.3 is 19.3 Å². The molecular weight excluding hydrogens is 439 g/mol. The first kappa shape index (κ1) is 24.7. The number of pyridine rings is 1. The van der Waals surface area contributed by atoms with Gasteiger partial charge in [-0.25, -0.2) is 4.98 Å². The monoisotopic (exact) mass is 461 g/mol. The quantitative estimate of drug-likeness (QED) is 0.376. The van der Waals surface area contributed by atoms with Crippen LogP contribution in [0.5, 0.6) is 17.4 Å². The summed E-state index contributed by atoms with van der Waals surface area (Å²) in [4.78, 5) is 15.3. The van der Waals surface area contributed by atoms with Crippen molar-refractivity contribution in [3.63, 3.8) is 0 Å². The van der Waals surface area contributed by atoms with E-state index in [0.29, 0.717) is 18.6 Å². The molecular formula is C21H23ClF3NO5. The van der Waals surface area contributed by atoms with E-state index in [2.05, 4.69) is 4.98 Å². The third-order valence-corrected chi connectivity index (χ3v) is 4.44. The summed E-state index contributed by atoms with van der Waals surface area (Å²) in [5.41, 5.74) is -0.976. The Morgan fingerprint density at radius 3 is 2.45 bits per heavy atom. The van der Waals surface area contributed by atoms with Crippen LogP contribution in [0.15, 0.2) is 36.5 Å². The fraction of sp³-hybridized carbons (Fsp3) is 0.429. The zero-order valence-electron chi connectivity index (χ0n) is 17.0. The summed E-state index contributed by atoms with van der Waals surface area (Å²) >= 11 is 5.82. The zero-order chi connectivity index (χ0) is 23.0. The first-order chi connectivity index (χ1) is 14.6. The average Bonchev–Trinajstić information content (AvgIpc) is 2.70. The molecule has 31 heavy (non-hydrogen) atoms. The fourth-order valence-electron chi connectivity index (χ4n) is 2.37. The maximum absolute atomic E-state index is 12.7. The van der Waals surface area contributed by atoms with Crippen LogP contribution in [0.25, 0.3) is 0 Å². The van der Waals surface area contributed by atoms with Crippen LogP contribution < -0.4 is 9.47 Å². The number of aliphatic hydroxyl groups is 1. The summed E-state index contributed by atoms with van der Waals surface area (Å²) in [5, 5.41) is 9.83. The largest absolute Gasteiger partial charge is 0.488 e. The summed E-state index contributed by atoms with van der Waals surface area (Å²) in [5.74, 6) is -0.00582. The second-order valence-corrected chi connectivity index (χ2v) is 7.16. The highest BCUT2D eigenvalue weighted by Crippen LogP contribution is 2.34. The molecule has 2 rings (SSSR count). The van der Waals surface area contributed by atoms with Gasteiger partial charge in [0, 0.05) is 6.20 Å². The molecule has 2 aromatic rings. The molecule has 10 heteroatoms. The molecule has 6 nitrogen and oxygen atoms in total. The minimum absolute atomic E-state index is 0.172. The first-order valence-corrected chi connectivity index (χ1v) is 9.99. The molecule has 0 saturated heterocycles. The molecule has 0 aliphatic carbocycles. The number of esters is 1. The van der Waals surface area contributed by atoms with Crippen LogP contribution >= 0.6 is 11.6 Å². The lowest BCUT2D eigenvalue weighted by Gasteiger charge is -2.20. The zero-order valence-corrected chi connectivity index (χ0v) is 17.7. The highest BCUT2D eigenvalue weighted by atomic mass is 35.5.